The van der Waals surface area contributed by atoms with Gasteiger partial charge in [0.15, 0.2) is 11.5 Å². The van der Waals surface area contributed by atoms with E-state index >= 15 is 0 Å². The van der Waals surface area contributed by atoms with Gasteiger partial charge in [-0.2, -0.15) is 0 Å². The first-order valence-corrected chi connectivity index (χ1v) is 10.8. The lowest BCUT2D eigenvalue weighted by Crippen LogP contribution is -2.23. The second kappa shape index (κ2) is 7.67. The average molecular weight is 428 g/mol. The molecule has 0 unspecified atom stereocenters. The van der Waals surface area contributed by atoms with Gasteiger partial charge in [-0.15, -0.1) is 0 Å². The number of hydrogen-bond acceptors (Lipinski definition) is 4. The number of para-hydroxylation sites is 1. The fourth-order valence-electron chi connectivity index (χ4n) is 4.37. The first-order chi connectivity index (χ1) is 15.5. The van der Waals surface area contributed by atoms with Crippen LogP contribution in [0.25, 0.3) is 17.0 Å². The SMILES string of the molecule is CCc1ccc2c(c1)CCc1c(C(=O)Nc3c(C)n(C)n(-c4ccccc4)c3=O)noc1-2. The van der Waals surface area contributed by atoms with Crippen LogP contribution in [-0.4, -0.2) is 20.4 Å². The van der Waals surface area contributed by atoms with E-state index in [1.807, 2.05) is 36.4 Å². The molecule has 1 amide bonds. The molecule has 1 N–H and O–H groups in total. The molecular weight excluding hydrogens is 404 g/mol. The zero-order valence-corrected chi connectivity index (χ0v) is 18.3. The molecule has 0 radical (unpaired) electrons. The predicted octanol–water partition coefficient (Wildman–Crippen LogP) is 4.05. The van der Waals surface area contributed by atoms with Crippen molar-refractivity contribution in [1.29, 1.82) is 0 Å². The molecule has 0 bridgehead atoms. The van der Waals surface area contributed by atoms with Gasteiger partial charge in [0.1, 0.15) is 5.69 Å². The quantitative estimate of drug-likeness (QED) is 0.532. The van der Waals surface area contributed by atoms with Gasteiger partial charge in [0, 0.05) is 18.2 Å². The predicted molar refractivity (Wildman–Crippen MR) is 122 cm³/mol. The fraction of sp³-hybridized carbons (Fsp3) is 0.240. The second-order valence-electron chi connectivity index (χ2n) is 8.07. The van der Waals surface area contributed by atoms with E-state index in [0.717, 1.165) is 29.7 Å². The highest BCUT2D eigenvalue weighted by molar-refractivity contribution is 6.05. The Morgan fingerprint density at radius 1 is 1.16 bits per heavy atom. The highest BCUT2D eigenvalue weighted by Gasteiger charge is 2.29. The summed E-state index contributed by atoms with van der Waals surface area (Å²) in [7, 11) is 1.79. The molecule has 2 aromatic carbocycles. The number of nitrogens with zero attached hydrogens (tertiary/aromatic N) is 3. The Labute approximate surface area is 185 Å². The molecule has 5 rings (SSSR count). The van der Waals surface area contributed by atoms with Crippen LogP contribution >= 0.6 is 0 Å². The van der Waals surface area contributed by atoms with Crippen LogP contribution in [-0.2, 0) is 26.3 Å². The summed E-state index contributed by atoms with van der Waals surface area (Å²) in [6.07, 6.45) is 2.47. The third-order valence-electron chi connectivity index (χ3n) is 6.26. The first-order valence-electron chi connectivity index (χ1n) is 10.8. The second-order valence-corrected chi connectivity index (χ2v) is 8.07. The molecule has 4 aromatic rings. The van der Waals surface area contributed by atoms with Crippen molar-refractivity contribution in [1.82, 2.24) is 14.5 Å². The van der Waals surface area contributed by atoms with E-state index in [4.69, 9.17) is 4.52 Å². The number of aromatic nitrogens is 3. The molecule has 0 saturated carbocycles. The highest BCUT2D eigenvalue weighted by atomic mass is 16.5. The Balaban J connectivity index is 1.49. The van der Waals surface area contributed by atoms with Crippen molar-refractivity contribution >= 4 is 11.6 Å². The van der Waals surface area contributed by atoms with Gasteiger partial charge in [0.05, 0.1) is 11.4 Å². The van der Waals surface area contributed by atoms with Gasteiger partial charge < -0.3 is 9.84 Å². The molecule has 32 heavy (non-hydrogen) atoms. The lowest BCUT2D eigenvalue weighted by atomic mass is 9.88. The molecule has 2 aromatic heterocycles. The Morgan fingerprint density at radius 3 is 2.69 bits per heavy atom. The molecule has 1 aliphatic carbocycles. The molecule has 7 heteroatoms. The summed E-state index contributed by atoms with van der Waals surface area (Å²) in [5.41, 5.74) is 5.82. The van der Waals surface area contributed by atoms with E-state index in [0.29, 0.717) is 17.9 Å². The summed E-state index contributed by atoms with van der Waals surface area (Å²) >= 11 is 0. The molecule has 0 aliphatic heterocycles. The summed E-state index contributed by atoms with van der Waals surface area (Å²) in [5.74, 6) is 0.208. The van der Waals surface area contributed by atoms with Crippen LogP contribution in [0.15, 0.2) is 57.8 Å². The van der Waals surface area contributed by atoms with Crippen molar-refractivity contribution in [2.24, 2.45) is 7.05 Å². The van der Waals surface area contributed by atoms with Crippen LogP contribution in [0.2, 0.25) is 0 Å². The number of rotatable bonds is 4. The van der Waals surface area contributed by atoms with Crippen molar-refractivity contribution in [3.8, 4) is 17.0 Å². The number of benzene rings is 2. The Bertz CT molecular complexity index is 1390. The van der Waals surface area contributed by atoms with E-state index in [1.54, 1.807) is 18.7 Å². The van der Waals surface area contributed by atoms with Crippen LogP contribution in [0.1, 0.15) is 39.8 Å². The maximum Gasteiger partial charge on any atom is 0.295 e. The number of aryl methyl sites for hydroxylation is 2. The Kier molecular flexibility index (Phi) is 4.81. The topological polar surface area (TPSA) is 82.1 Å². The van der Waals surface area contributed by atoms with E-state index < -0.39 is 5.91 Å². The summed E-state index contributed by atoms with van der Waals surface area (Å²) in [6, 6.07) is 15.6. The minimum Gasteiger partial charge on any atom is -0.355 e. The summed E-state index contributed by atoms with van der Waals surface area (Å²) in [6.45, 7) is 3.93. The van der Waals surface area contributed by atoms with Crippen LogP contribution < -0.4 is 10.9 Å². The van der Waals surface area contributed by atoms with Crippen molar-refractivity contribution in [2.75, 3.05) is 5.32 Å². The van der Waals surface area contributed by atoms with E-state index in [1.165, 1.54) is 15.8 Å². The van der Waals surface area contributed by atoms with E-state index in [2.05, 4.69) is 29.5 Å². The largest absolute Gasteiger partial charge is 0.355 e. The van der Waals surface area contributed by atoms with Gasteiger partial charge in [0.25, 0.3) is 11.5 Å². The minimum atomic E-state index is -0.436. The van der Waals surface area contributed by atoms with Crippen molar-refractivity contribution in [3.05, 3.63) is 87.0 Å². The molecular formula is C25H24N4O3. The smallest absolute Gasteiger partial charge is 0.295 e. The van der Waals surface area contributed by atoms with Crippen LogP contribution in [0.5, 0.6) is 0 Å². The maximum absolute atomic E-state index is 13.1. The molecule has 1 aliphatic rings. The molecule has 7 nitrogen and oxygen atoms in total. The summed E-state index contributed by atoms with van der Waals surface area (Å²) < 4.78 is 8.87. The van der Waals surface area contributed by atoms with Gasteiger partial charge in [-0.1, -0.05) is 48.5 Å². The lowest BCUT2D eigenvalue weighted by molar-refractivity contribution is 0.101. The van der Waals surface area contributed by atoms with Gasteiger partial charge in [-0.25, -0.2) is 4.68 Å². The number of fused-ring (bicyclic) bond motifs is 3. The number of carbonyl (C=O) groups excluding carboxylic acids is 1. The molecule has 2 heterocycles. The zero-order valence-electron chi connectivity index (χ0n) is 18.3. The zero-order chi connectivity index (χ0) is 22.4. The summed E-state index contributed by atoms with van der Waals surface area (Å²) in [5, 5.41) is 6.87. The van der Waals surface area contributed by atoms with E-state index in [9.17, 15) is 9.59 Å². The molecule has 0 fully saturated rings. The average Bonchev–Trinajstić information content (AvgIpc) is 3.34. The van der Waals surface area contributed by atoms with Crippen LogP contribution in [0, 0.1) is 6.92 Å². The van der Waals surface area contributed by atoms with Crippen LogP contribution in [0.3, 0.4) is 0 Å². The molecule has 0 saturated heterocycles. The fourth-order valence-corrected chi connectivity index (χ4v) is 4.37. The van der Waals surface area contributed by atoms with Crippen molar-refractivity contribution < 1.29 is 9.32 Å². The molecule has 0 atom stereocenters. The minimum absolute atomic E-state index is 0.235. The number of hydrogen-bond donors (Lipinski definition) is 1. The normalized spacial score (nSPS) is 12.3. The number of anilines is 1. The monoisotopic (exact) mass is 428 g/mol. The number of amides is 1. The van der Waals surface area contributed by atoms with Gasteiger partial charge >= 0.3 is 0 Å². The highest BCUT2D eigenvalue weighted by Crippen LogP contribution is 2.36. The van der Waals surface area contributed by atoms with Crippen molar-refractivity contribution in [3.63, 3.8) is 0 Å². The van der Waals surface area contributed by atoms with Crippen molar-refractivity contribution in [2.45, 2.75) is 33.1 Å². The van der Waals surface area contributed by atoms with E-state index in [-0.39, 0.29) is 16.9 Å². The number of nitrogens with one attached hydrogen (secondary N) is 1. The third-order valence-corrected chi connectivity index (χ3v) is 6.26. The van der Waals surface area contributed by atoms with Gasteiger partial charge in [-0.3, -0.25) is 14.3 Å². The first kappa shape index (κ1) is 20.1. The number of carbonyl (C=O) groups is 1. The molecule has 162 valence electrons. The van der Waals surface area contributed by atoms with Gasteiger partial charge in [0.2, 0.25) is 0 Å². The maximum atomic E-state index is 13.1. The molecule has 0 spiro atoms. The summed E-state index contributed by atoms with van der Waals surface area (Å²) in [4.78, 5) is 26.2. The standard InChI is InChI=1S/C25H24N4O3/c1-4-16-10-12-19-17(14-16)11-13-20-22(27-32-23(19)20)24(30)26-21-15(2)28(3)29(25(21)31)18-8-6-5-7-9-18/h5-10,12,14H,4,11,13H2,1-3H3,(H,26,30). The van der Waals surface area contributed by atoms with Crippen LogP contribution in [0.4, 0.5) is 5.69 Å². The third kappa shape index (κ3) is 3.09. The Morgan fingerprint density at radius 2 is 1.94 bits per heavy atom. The van der Waals surface area contributed by atoms with Gasteiger partial charge in [-0.05, 0) is 49.4 Å². The Hall–Kier alpha value is -3.87. The lowest BCUT2D eigenvalue weighted by Gasteiger charge is -2.15.